The van der Waals surface area contributed by atoms with E-state index in [4.69, 9.17) is 9.52 Å². The summed E-state index contributed by atoms with van der Waals surface area (Å²) in [6, 6.07) is -0.519. The molecule has 1 aromatic rings. The van der Waals surface area contributed by atoms with Gasteiger partial charge in [0, 0.05) is 7.11 Å². The minimum absolute atomic E-state index is 0.123. The van der Waals surface area contributed by atoms with E-state index >= 15 is 0 Å². The van der Waals surface area contributed by atoms with Crippen LogP contribution in [0.25, 0.3) is 0 Å². The molecular weight excluding hydrogens is 242 g/mol. The number of amides is 2. The second-order valence-corrected chi connectivity index (χ2v) is 3.49. The van der Waals surface area contributed by atoms with Gasteiger partial charge in [0.2, 0.25) is 5.89 Å². The molecule has 2 amide bonds. The molecule has 1 unspecified atom stereocenters. The van der Waals surface area contributed by atoms with E-state index < -0.39 is 18.1 Å². The summed E-state index contributed by atoms with van der Waals surface area (Å²) in [4.78, 5) is 25.8. The maximum Gasteiger partial charge on any atom is 0.334 e. The van der Waals surface area contributed by atoms with E-state index in [9.17, 15) is 9.59 Å². The molecule has 0 radical (unpaired) electrons. The van der Waals surface area contributed by atoms with Crippen molar-refractivity contribution in [3.05, 3.63) is 17.8 Å². The molecule has 0 aliphatic heterocycles. The molecule has 0 saturated carbocycles. The lowest BCUT2D eigenvalue weighted by atomic mass is 10.3. The number of urea groups is 1. The van der Waals surface area contributed by atoms with Gasteiger partial charge in [0.05, 0.1) is 19.3 Å². The number of rotatable bonds is 6. The highest BCUT2D eigenvalue weighted by atomic mass is 16.5. The van der Waals surface area contributed by atoms with E-state index in [-0.39, 0.29) is 13.1 Å². The van der Waals surface area contributed by atoms with E-state index in [1.165, 1.54) is 7.11 Å². The Balaban J connectivity index is 2.27. The highest BCUT2D eigenvalue weighted by Crippen LogP contribution is 2.00. The lowest BCUT2D eigenvalue weighted by Crippen LogP contribution is -2.42. The van der Waals surface area contributed by atoms with Gasteiger partial charge >= 0.3 is 12.0 Å². The molecule has 1 aromatic heterocycles. The van der Waals surface area contributed by atoms with Crippen molar-refractivity contribution in [2.75, 3.05) is 13.7 Å². The maximum atomic E-state index is 11.3. The number of nitrogens with zero attached hydrogens (tertiary/aromatic N) is 1. The van der Waals surface area contributed by atoms with Crippen molar-refractivity contribution in [3.8, 4) is 0 Å². The van der Waals surface area contributed by atoms with Crippen molar-refractivity contribution in [3.63, 3.8) is 0 Å². The van der Waals surface area contributed by atoms with Crippen LogP contribution in [0.5, 0.6) is 0 Å². The van der Waals surface area contributed by atoms with Gasteiger partial charge in [-0.05, 0) is 6.92 Å². The topological polar surface area (TPSA) is 114 Å². The summed E-state index contributed by atoms with van der Waals surface area (Å²) in [6.07, 6.45) is 0.472. The number of carboxylic acids is 1. The van der Waals surface area contributed by atoms with Gasteiger partial charge in [0.1, 0.15) is 5.76 Å². The van der Waals surface area contributed by atoms with Crippen molar-refractivity contribution in [1.29, 1.82) is 0 Å². The van der Waals surface area contributed by atoms with Crippen LogP contribution in [0.15, 0.2) is 10.6 Å². The predicted molar refractivity (Wildman–Crippen MR) is 59.9 cm³/mol. The number of aryl methyl sites for hydroxylation is 1. The number of ether oxygens (including phenoxy) is 1. The summed E-state index contributed by atoms with van der Waals surface area (Å²) >= 11 is 0. The van der Waals surface area contributed by atoms with Crippen LogP contribution < -0.4 is 10.6 Å². The van der Waals surface area contributed by atoms with Crippen molar-refractivity contribution in [2.24, 2.45) is 0 Å². The van der Waals surface area contributed by atoms with Crippen molar-refractivity contribution in [1.82, 2.24) is 15.6 Å². The maximum absolute atomic E-state index is 11.3. The second-order valence-electron chi connectivity index (χ2n) is 3.49. The molecule has 100 valence electrons. The predicted octanol–water partition coefficient (Wildman–Crippen LogP) is -0.118. The lowest BCUT2D eigenvalue weighted by molar-refractivity contribution is -0.147. The molecule has 0 saturated heterocycles. The van der Waals surface area contributed by atoms with E-state index in [1.807, 2.05) is 0 Å². The van der Waals surface area contributed by atoms with Gasteiger partial charge in [-0.15, -0.1) is 0 Å². The summed E-state index contributed by atoms with van der Waals surface area (Å²) in [6.45, 7) is 1.75. The smallest absolute Gasteiger partial charge is 0.334 e. The van der Waals surface area contributed by atoms with E-state index in [1.54, 1.807) is 13.1 Å². The Kier molecular flexibility index (Phi) is 5.12. The summed E-state index contributed by atoms with van der Waals surface area (Å²) in [5.41, 5.74) is 0. The summed E-state index contributed by atoms with van der Waals surface area (Å²) < 4.78 is 9.80. The van der Waals surface area contributed by atoms with Gasteiger partial charge in [0.15, 0.2) is 6.10 Å². The minimum Gasteiger partial charge on any atom is -0.479 e. The van der Waals surface area contributed by atoms with E-state index in [0.717, 1.165) is 0 Å². The summed E-state index contributed by atoms with van der Waals surface area (Å²) in [5.74, 6) is -0.108. The number of carbonyl (C=O) groups is 2. The number of aliphatic carboxylic acids is 1. The van der Waals surface area contributed by atoms with Gasteiger partial charge in [-0.1, -0.05) is 0 Å². The van der Waals surface area contributed by atoms with Gasteiger partial charge in [-0.3, -0.25) is 0 Å². The number of hydrogen-bond donors (Lipinski definition) is 3. The van der Waals surface area contributed by atoms with Crippen molar-refractivity contribution >= 4 is 12.0 Å². The highest BCUT2D eigenvalue weighted by Gasteiger charge is 2.17. The fraction of sp³-hybridized carbons (Fsp3) is 0.500. The Morgan fingerprint density at radius 3 is 2.78 bits per heavy atom. The average molecular weight is 257 g/mol. The zero-order chi connectivity index (χ0) is 13.5. The Morgan fingerprint density at radius 2 is 2.28 bits per heavy atom. The minimum atomic E-state index is -1.14. The molecule has 0 aliphatic carbocycles. The Bertz CT molecular complexity index is 417. The molecule has 1 heterocycles. The first-order chi connectivity index (χ1) is 8.52. The molecule has 0 spiro atoms. The van der Waals surface area contributed by atoms with Crippen molar-refractivity contribution in [2.45, 2.75) is 19.6 Å². The molecule has 1 rings (SSSR count). The molecule has 18 heavy (non-hydrogen) atoms. The number of carboxylic acid groups (broad SMARTS) is 1. The van der Waals surface area contributed by atoms with Gasteiger partial charge in [-0.25, -0.2) is 14.6 Å². The van der Waals surface area contributed by atoms with E-state index in [2.05, 4.69) is 20.4 Å². The fourth-order valence-electron chi connectivity index (χ4n) is 1.16. The summed E-state index contributed by atoms with van der Waals surface area (Å²) in [5, 5.41) is 13.5. The quantitative estimate of drug-likeness (QED) is 0.654. The number of carbonyl (C=O) groups excluding carboxylic acids is 1. The van der Waals surface area contributed by atoms with Crippen LogP contribution in [0.4, 0.5) is 4.79 Å². The first-order valence-electron chi connectivity index (χ1n) is 5.21. The van der Waals surface area contributed by atoms with Crippen LogP contribution in [0, 0.1) is 6.92 Å². The summed E-state index contributed by atoms with van der Waals surface area (Å²) in [7, 11) is 1.26. The van der Waals surface area contributed by atoms with Crippen LogP contribution in [-0.4, -0.2) is 41.8 Å². The third-order valence-corrected chi connectivity index (χ3v) is 2.08. The second kappa shape index (κ2) is 6.60. The standard InChI is InChI=1S/C10H15N3O5/c1-6-3-11-8(18-6)5-13-10(16)12-4-7(17-2)9(14)15/h3,7H,4-5H2,1-2H3,(H,14,15)(H2,12,13,16). The largest absolute Gasteiger partial charge is 0.479 e. The van der Waals surface area contributed by atoms with Crippen LogP contribution in [0.3, 0.4) is 0 Å². The molecule has 3 N–H and O–H groups in total. The number of aromatic nitrogens is 1. The molecule has 0 aliphatic rings. The number of oxazole rings is 1. The third kappa shape index (κ3) is 4.42. The SMILES string of the molecule is COC(CNC(=O)NCc1ncc(C)o1)C(=O)O. The van der Waals surface area contributed by atoms with Crippen LogP contribution >= 0.6 is 0 Å². The zero-order valence-corrected chi connectivity index (χ0v) is 10.1. The molecule has 0 aromatic carbocycles. The molecule has 8 nitrogen and oxygen atoms in total. The van der Waals surface area contributed by atoms with Crippen LogP contribution in [-0.2, 0) is 16.1 Å². The molecule has 0 fully saturated rings. The Morgan fingerprint density at radius 1 is 1.56 bits per heavy atom. The first kappa shape index (κ1) is 14.0. The molecule has 0 bridgehead atoms. The van der Waals surface area contributed by atoms with Crippen molar-refractivity contribution < 1.29 is 23.8 Å². The number of methoxy groups -OCH3 is 1. The molecular formula is C10H15N3O5. The highest BCUT2D eigenvalue weighted by molar-refractivity contribution is 5.76. The lowest BCUT2D eigenvalue weighted by Gasteiger charge is -2.11. The normalized spacial score (nSPS) is 11.9. The van der Waals surface area contributed by atoms with Gasteiger partial charge in [0.25, 0.3) is 0 Å². The molecule has 8 heteroatoms. The first-order valence-corrected chi connectivity index (χ1v) is 5.21. The number of hydrogen-bond acceptors (Lipinski definition) is 5. The Labute approximate surface area is 103 Å². The third-order valence-electron chi connectivity index (χ3n) is 2.08. The van der Waals surface area contributed by atoms with Crippen LogP contribution in [0.1, 0.15) is 11.7 Å². The Hall–Kier alpha value is -2.09. The van der Waals surface area contributed by atoms with Gasteiger partial charge < -0.3 is 24.9 Å². The monoisotopic (exact) mass is 257 g/mol. The van der Waals surface area contributed by atoms with E-state index in [0.29, 0.717) is 11.7 Å². The fourth-order valence-corrected chi connectivity index (χ4v) is 1.16. The number of nitrogens with one attached hydrogen (secondary N) is 2. The van der Waals surface area contributed by atoms with Gasteiger partial charge in [-0.2, -0.15) is 0 Å². The molecule has 1 atom stereocenters. The zero-order valence-electron chi connectivity index (χ0n) is 10.1. The van der Waals surface area contributed by atoms with Crippen LogP contribution in [0.2, 0.25) is 0 Å². The average Bonchev–Trinajstić information content (AvgIpc) is 2.73.